The fourth-order valence-electron chi connectivity index (χ4n) is 1.35. The number of carbonyl (C=O) groups is 1. The molecule has 1 aliphatic heterocycles. The van der Waals surface area contributed by atoms with Crippen LogP contribution in [-0.4, -0.2) is 23.4 Å². The lowest BCUT2D eigenvalue weighted by Gasteiger charge is -2.23. The van der Waals surface area contributed by atoms with E-state index in [0.717, 1.165) is 6.42 Å². The Hall–Kier alpha value is -0.770. The van der Waals surface area contributed by atoms with E-state index in [4.69, 9.17) is 0 Å². The van der Waals surface area contributed by atoms with Crippen molar-refractivity contribution in [2.45, 2.75) is 39.5 Å². The number of amides is 2. The van der Waals surface area contributed by atoms with Crippen LogP contribution in [0.1, 0.15) is 27.2 Å². The molecular formula is C8H16N2O2. The maximum absolute atomic E-state index is 10.8. The Balaban J connectivity index is 2.48. The van der Waals surface area contributed by atoms with E-state index in [1.165, 1.54) is 0 Å². The molecule has 3 N–H and O–H groups in total. The van der Waals surface area contributed by atoms with Crippen molar-refractivity contribution in [3.63, 3.8) is 0 Å². The van der Waals surface area contributed by atoms with Crippen LogP contribution in [0.2, 0.25) is 0 Å². The number of aliphatic hydroxyl groups is 1. The van der Waals surface area contributed by atoms with E-state index in [9.17, 15) is 9.90 Å². The number of aliphatic hydroxyl groups excluding tert-OH is 1. The third-order valence-corrected chi connectivity index (χ3v) is 1.81. The van der Waals surface area contributed by atoms with Gasteiger partial charge in [0.25, 0.3) is 0 Å². The predicted molar refractivity (Wildman–Crippen MR) is 45.5 cm³/mol. The van der Waals surface area contributed by atoms with Gasteiger partial charge in [0.15, 0.2) is 0 Å². The topological polar surface area (TPSA) is 61.4 Å². The second kappa shape index (κ2) is 2.94. The Bertz CT molecular complexity index is 186. The van der Waals surface area contributed by atoms with E-state index in [1.54, 1.807) is 0 Å². The van der Waals surface area contributed by atoms with Crippen molar-refractivity contribution in [3.05, 3.63) is 0 Å². The molecule has 4 heteroatoms. The fourth-order valence-corrected chi connectivity index (χ4v) is 1.35. The van der Waals surface area contributed by atoms with Gasteiger partial charge in [-0.25, -0.2) is 4.79 Å². The monoisotopic (exact) mass is 172 g/mol. The van der Waals surface area contributed by atoms with Crippen molar-refractivity contribution in [2.24, 2.45) is 5.41 Å². The molecule has 12 heavy (non-hydrogen) atoms. The summed E-state index contributed by atoms with van der Waals surface area (Å²) in [4.78, 5) is 10.8. The van der Waals surface area contributed by atoms with Crippen LogP contribution >= 0.6 is 0 Å². The van der Waals surface area contributed by atoms with Crippen molar-refractivity contribution in [1.82, 2.24) is 10.6 Å². The zero-order chi connectivity index (χ0) is 9.35. The molecule has 0 spiro atoms. The minimum Gasteiger partial charge on any atom is -0.371 e. The first-order valence-electron chi connectivity index (χ1n) is 4.13. The highest BCUT2D eigenvalue weighted by Gasteiger charge is 2.32. The van der Waals surface area contributed by atoms with Gasteiger partial charge in [-0.2, -0.15) is 0 Å². The van der Waals surface area contributed by atoms with E-state index in [0.29, 0.717) is 0 Å². The molecule has 2 unspecified atom stereocenters. The molecule has 1 saturated heterocycles. The largest absolute Gasteiger partial charge is 0.371 e. The first kappa shape index (κ1) is 9.32. The summed E-state index contributed by atoms with van der Waals surface area (Å²) in [6, 6.07) is -0.436. The molecule has 0 bridgehead atoms. The molecule has 1 aliphatic rings. The Morgan fingerprint density at radius 3 is 2.33 bits per heavy atom. The van der Waals surface area contributed by atoms with Crippen LogP contribution in [0.3, 0.4) is 0 Å². The second-order valence-corrected chi connectivity index (χ2v) is 4.43. The lowest BCUT2D eigenvalue weighted by Crippen LogP contribution is -2.36. The van der Waals surface area contributed by atoms with Gasteiger partial charge in [-0.1, -0.05) is 20.8 Å². The van der Waals surface area contributed by atoms with Crippen molar-refractivity contribution in [2.75, 3.05) is 0 Å². The van der Waals surface area contributed by atoms with E-state index in [2.05, 4.69) is 31.4 Å². The number of hydrogen-bond donors (Lipinski definition) is 3. The minimum atomic E-state index is -0.739. The van der Waals surface area contributed by atoms with E-state index in [-0.39, 0.29) is 17.5 Å². The molecule has 0 aromatic rings. The Morgan fingerprint density at radius 2 is 2.00 bits per heavy atom. The van der Waals surface area contributed by atoms with Crippen LogP contribution in [0.15, 0.2) is 0 Å². The molecule has 0 aromatic carbocycles. The summed E-state index contributed by atoms with van der Waals surface area (Å²) in [5.74, 6) is 0. The van der Waals surface area contributed by atoms with E-state index >= 15 is 0 Å². The zero-order valence-corrected chi connectivity index (χ0v) is 7.72. The van der Waals surface area contributed by atoms with Crippen LogP contribution in [0, 0.1) is 5.41 Å². The summed E-state index contributed by atoms with van der Waals surface area (Å²) < 4.78 is 0. The molecule has 0 radical (unpaired) electrons. The molecule has 0 aromatic heterocycles. The lowest BCUT2D eigenvalue weighted by molar-refractivity contribution is 0.119. The van der Waals surface area contributed by atoms with Gasteiger partial charge in [0.1, 0.15) is 6.23 Å². The molecule has 70 valence electrons. The van der Waals surface area contributed by atoms with Gasteiger partial charge >= 0.3 is 6.03 Å². The van der Waals surface area contributed by atoms with Crippen LogP contribution in [-0.2, 0) is 0 Å². The molecule has 0 saturated carbocycles. The summed E-state index contributed by atoms with van der Waals surface area (Å²) in [6.07, 6.45) is 0.0316. The molecule has 1 heterocycles. The highest BCUT2D eigenvalue weighted by molar-refractivity contribution is 5.76. The van der Waals surface area contributed by atoms with Crippen LogP contribution in [0.5, 0.6) is 0 Å². The third-order valence-electron chi connectivity index (χ3n) is 1.81. The first-order chi connectivity index (χ1) is 5.38. The van der Waals surface area contributed by atoms with Gasteiger partial charge in [-0.3, -0.25) is 0 Å². The SMILES string of the molecule is CC(C)(C)CC1NC(=O)NC1O. The Morgan fingerprint density at radius 1 is 1.42 bits per heavy atom. The standard InChI is InChI=1S/C8H16N2O2/c1-8(2,3)4-5-6(11)10-7(12)9-5/h5-6,11H,4H2,1-3H3,(H2,9,10,12). The van der Waals surface area contributed by atoms with Gasteiger partial charge in [-0.05, 0) is 11.8 Å². The number of nitrogens with one attached hydrogen (secondary N) is 2. The summed E-state index contributed by atoms with van der Waals surface area (Å²) in [5, 5.41) is 14.4. The highest BCUT2D eigenvalue weighted by Crippen LogP contribution is 2.22. The van der Waals surface area contributed by atoms with E-state index in [1.807, 2.05) is 0 Å². The number of rotatable bonds is 1. The molecule has 2 atom stereocenters. The smallest absolute Gasteiger partial charge is 0.317 e. The lowest BCUT2D eigenvalue weighted by atomic mass is 9.88. The van der Waals surface area contributed by atoms with Gasteiger partial charge in [-0.15, -0.1) is 0 Å². The summed E-state index contributed by atoms with van der Waals surface area (Å²) in [5.41, 5.74) is 0.116. The average molecular weight is 172 g/mol. The number of carbonyl (C=O) groups excluding carboxylic acids is 1. The van der Waals surface area contributed by atoms with Crippen molar-refractivity contribution in [1.29, 1.82) is 0 Å². The van der Waals surface area contributed by atoms with Crippen LogP contribution in [0.4, 0.5) is 4.79 Å². The maximum Gasteiger partial charge on any atom is 0.317 e. The second-order valence-electron chi connectivity index (χ2n) is 4.43. The van der Waals surface area contributed by atoms with Crippen molar-refractivity contribution >= 4 is 6.03 Å². The highest BCUT2D eigenvalue weighted by atomic mass is 16.3. The summed E-state index contributed by atoms with van der Waals surface area (Å²) >= 11 is 0. The number of hydrogen-bond acceptors (Lipinski definition) is 2. The first-order valence-corrected chi connectivity index (χ1v) is 4.13. The quantitative estimate of drug-likeness (QED) is 0.537. The van der Waals surface area contributed by atoms with Gasteiger partial charge in [0.2, 0.25) is 0 Å². The summed E-state index contributed by atoms with van der Waals surface area (Å²) in [6.45, 7) is 6.22. The van der Waals surface area contributed by atoms with Crippen molar-refractivity contribution < 1.29 is 9.90 Å². The number of urea groups is 1. The molecule has 0 aliphatic carbocycles. The molecule has 1 fully saturated rings. The summed E-state index contributed by atoms with van der Waals surface area (Å²) in [7, 11) is 0. The average Bonchev–Trinajstić information content (AvgIpc) is 2.06. The molecular weight excluding hydrogens is 156 g/mol. The van der Waals surface area contributed by atoms with Crippen LogP contribution < -0.4 is 10.6 Å². The van der Waals surface area contributed by atoms with Gasteiger partial charge in [0.05, 0.1) is 6.04 Å². The molecule has 4 nitrogen and oxygen atoms in total. The fraction of sp³-hybridized carbons (Fsp3) is 0.875. The van der Waals surface area contributed by atoms with Gasteiger partial charge < -0.3 is 15.7 Å². The molecule has 2 amide bonds. The predicted octanol–water partition coefficient (Wildman–Crippen LogP) is 0.422. The van der Waals surface area contributed by atoms with E-state index < -0.39 is 6.23 Å². The molecule has 1 rings (SSSR count). The zero-order valence-electron chi connectivity index (χ0n) is 7.72. The Labute approximate surface area is 72.3 Å². The minimum absolute atomic E-state index is 0.116. The van der Waals surface area contributed by atoms with Crippen molar-refractivity contribution in [3.8, 4) is 0 Å². The van der Waals surface area contributed by atoms with Crippen LogP contribution in [0.25, 0.3) is 0 Å². The third kappa shape index (κ3) is 2.37. The normalized spacial score (nSPS) is 29.8. The Kier molecular flexibility index (Phi) is 2.28. The van der Waals surface area contributed by atoms with Gasteiger partial charge in [0, 0.05) is 0 Å². The maximum atomic E-state index is 10.8.